The monoisotopic (exact) mass is 428 g/mol. The Bertz CT molecular complexity index is 1150. The van der Waals surface area contributed by atoms with Crippen LogP contribution in [0.3, 0.4) is 0 Å². The molecule has 1 fully saturated rings. The van der Waals surface area contributed by atoms with Gasteiger partial charge in [-0.1, -0.05) is 56.5 Å². The van der Waals surface area contributed by atoms with Crippen molar-refractivity contribution in [2.45, 2.75) is 64.2 Å². The SMILES string of the molecule is COc1ccc(-c2ccc3cc(C(C(C)=O)C(C)=O)ccc3c2)cc1C1(C)CCCCC1. The summed E-state index contributed by atoms with van der Waals surface area (Å²) in [6.07, 6.45) is 6.24. The third kappa shape index (κ3) is 4.21. The molecule has 3 nitrogen and oxygen atoms in total. The molecule has 166 valence electrons. The van der Waals surface area contributed by atoms with Crippen molar-refractivity contribution in [3.05, 3.63) is 65.7 Å². The van der Waals surface area contributed by atoms with Gasteiger partial charge in [0, 0.05) is 5.56 Å². The highest BCUT2D eigenvalue weighted by Gasteiger charge is 2.31. The number of rotatable bonds is 6. The van der Waals surface area contributed by atoms with Crippen LogP contribution in [0.5, 0.6) is 5.75 Å². The molecule has 4 rings (SSSR count). The molecule has 0 bridgehead atoms. The molecule has 0 spiro atoms. The second kappa shape index (κ2) is 8.90. The van der Waals surface area contributed by atoms with Gasteiger partial charge in [-0.3, -0.25) is 9.59 Å². The van der Waals surface area contributed by atoms with Gasteiger partial charge in [0.25, 0.3) is 0 Å². The van der Waals surface area contributed by atoms with E-state index in [2.05, 4.69) is 43.3 Å². The smallest absolute Gasteiger partial charge is 0.144 e. The summed E-state index contributed by atoms with van der Waals surface area (Å²) in [6.45, 7) is 5.33. The first-order valence-corrected chi connectivity index (χ1v) is 11.6. The van der Waals surface area contributed by atoms with Gasteiger partial charge >= 0.3 is 0 Å². The van der Waals surface area contributed by atoms with Gasteiger partial charge in [-0.15, -0.1) is 0 Å². The quantitative estimate of drug-likeness (QED) is 0.397. The lowest BCUT2D eigenvalue weighted by Crippen LogP contribution is -2.25. The van der Waals surface area contributed by atoms with Crippen LogP contribution in [0.4, 0.5) is 0 Å². The van der Waals surface area contributed by atoms with Gasteiger partial charge in [0.1, 0.15) is 23.2 Å². The Kier molecular flexibility index (Phi) is 6.19. The lowest BCUT2D eigenvalue weighted by Gasteiger charge is -2.35. The van der Waals surface area contributed by atoms with Crippen molar-refractivity contribution in [2.24, 2.45) is 0 Å². The number of carbonyl (C=O) groups is 2. The summed E-state index contributed by atoms with van der Waals surface area (Å²) in [5.41, 5.74) is 4.56. The predicted molar refractivity (Wildman–Crippen MR) is 130 cm³/mol. The van der Waals surface area contributed by atoms with E-state index in [1.807, 2.05) is 18.2 Å². The zero-order chi connectivity index (χ0) is 22.9. The molecule has 0 amide bonds. The van der Waals surface area contributed by atoms with Gasteiger partial charge in [0.15, 0.2) is 0 Å². The van der Waals surface area contributed by atoms with Crippen LogP contribution in [0.2, 0.25) is 0 Å². The van der Waals surface area contributed by atoms with Crippen molar-refractivity contribution in [3.8, 4) is 16.9 Å². The molecule has 0 atom stereocenters. The van der Waals surface area contributed by atoms with E-state index in [4.69, 9.17) is 4.74 Å². The molecule has 0 aromatic heterocycles. The average molecular weight is 429 g/mol. The number of ketones is 2. The molecule has 0 saturated heterocycles. The van der Waals surface area contributed by atoms with Crippen LogP contribution in [0.25, 0.3) is 21.9 Å². The summed E-state index contributed by atoms with van der Waals surface area (Å²) in [4.78, 5) is 23.9. The van der Waals surface area contributed by atoms with E-state index in [9.17, 15) is 9.59 Å². The summed E-state index contributed by atoms with van der Waals surface area (Å²) in [6, 6.07) is 18.8. The molecule has 1 aliphatic carbocycles. The number of carbonyl (C=O) groups excluding carboxylic acids is 2. The van der Waals surface area contributed by atoms with Crippen LogP contribution in [0, 0.1) is 0 Å². The Balaban J connectivity index is 1.74. The van der Waals surface area contributed by atoms with Crippen molar-refractivity contribution >= 4 is 22.3 Å². The van der Waals surface area contributed by atoms with E-state index in [1.165, 1.54) is 57.1 Å². The summed E-state index contributed by atoms with van der Waals surface area (Å²) >= 11 is 0. The normalized spacial score (nSPS) is 15.7. The van der Waals surface area contributed by atoms with E-state index < -0.39 is 5.92 Å². The second-order valence-electron chi connectivity index (χ2n) is 9.51. The molecule has 0 aliphatic heterocycles. The van der Waals surface area contributed by atoms with Gasteiger partial charge in [-0.05, 0) is 83.8 Å². The molecule has 0 heterocycles. The molecule has 0 unspecified atom stereocenters. The van der Waals surface area contributed by atoms with E-state index >= 15 is 0 Å². The van der Waals surface area contributed by atoms with E-state index in [0.717, 1.165) is 27.6 Å². The molecule has 3 aromatic rings. The van der Waals surface area contributed by atoms with Gasteiger partial charge in [0.2, 0.25) is 0 Å². The van der Waals surface area contributed by atoms with Crippen LogP contribution in [0.1, 0.15) is 69.9 Å². The minimum atomic E-state index is -0.681. The standard InChI is InChI=1S/C29H32O3/c1-19(30)28(20(2)31)25-11-10-21-16-22(8-9-23(21)17-25)24-12-13-27(32-4)26(18-24)29(3)14-6-5-7-15-29/h8-13,16-18,28H,5-7,14-15H2,1-4H3. The molecule has 1 aliphatic rings. The molecule has 3 aromatic carbocycles. The predicted octanol–water partition coefficient (Wildman–Crippen LogP) is 7.00. The first kappa shape index (κ1) is 22.3. The highest BCUT2D eigenvalue weighted by molar-refractivity contribution is 6.06. The minimum absolute atomic E-state index is 0.115. The first-order chi connectivity index (χ1) is 15.3. The number of ether oxygens (including phenoxy) is 1. The molecular formula is C29H32O3. The molecule has 3 heteroatoms. The van der Waals surface area contributed by atoms with E-state index in [0.29, 0.717) is 0 Å². The number of methoxy groups -OCH3 is 1. The Morgan fingerprint density at radius 1 is 0.812 bits per heavy atom. The maximum atomic E-state index is 12.0. The Labute approximate surface area is 190 Å². The summed E-state index contributed by atoms with van der Waals surface area (Å²) in [5, 5.41) is 2.13. The van der Waals surface area contributed by atoms with Crippen molar-refractivity contribution in [1.82, 2.24) is 0 Å². The summed E-state index contributed by atoms with van der Waals surface area (Å²) in [5.74, 6) is 0.0634. The lowest BCUT2D eigenvalue weighted by atomic mass is 9.70. The van der Waals surface area contributed by atoms with Crippen LogP contribution in [-0.4, -0.2) is 18.7 Å². The van der Waals surface area contributed by atoms with Crippen molar-refractivity contribution in [2.75, 3.05) is 7.11 Å². The Morgan fingerprint density at radius 2 is 1.41 bits per heavy atom. The lowest BCUT2D eigenvalue weighted by molar-refractivity contribution is -0.126. The number of hydrogen-bond acceptors (Lipinski definition) is 3. The largest absolute Gasteiger partial charge is 0.496 e. The Hall–Kier alpha value is -2.94. The van der Waals surface area contributed by atoms with Crippen LogP contribution in [0.15, 0.2) is 54.6 Å². The molecule has 1 saturated carbocycles. The third-order valence-corrected chi connectivity index (χ3v) is 7.15. The maximum absolute atomic E-state index is 12.0. The highest BCUT2D eigenvalue weighted by Crippen LogP contribution is 2.44. The van der Waals surface area contributed by atoms with Crippen LogP contribution in [-0.2, 0) is 15.0 Å². The van der Waals surface area contributed by atoms with Crippen molar-refractivity contribution < 1.29 is 14.3 Å². The van der Waals surface area contributed by atoms with Crippen molar-refractivity contribution in [3.63, 3.8) is 0 Å². The Morgan fingerprint density at radius 3 is 2.06 bits per heavy atom. The third-order valence-electron chi connectivity index (χ3n) is 7.15. The summed E-state index contributed by atoms with van der Waals surface area (Å²) < 4.78 is 5.74. The van der Waals surface area contributed by atoms with E-state index in [1.54, 1.807) is 7.11 Å². The fraction of sp³-hybridized carbons (Fsp3) is 0.379. The van der Waals surface area contributed by atoms with Crippen molar-refractivity contribution in [1.29, 1.82) is 0 Å². The fourth-order valence-corrected chi connectivity index (χ4v) is 5.34. The number of hydrogen-bond donors (Lipinski definition) is 0. The maximum Gasteiger partial charge on any atom is 0.144 e. The van der Waals surface area contributed by atoms with E-state index in [-0.39, 0.29) is 17.0 Å². The van der Waals surface area contributed by atoms with Crippen LogP contribution >= 0.6 is 0 Å². The zero-order valence-electron chi connectivity index (χ0n) is 19.5. The van der Waals surface area contributed by atoms with Gasteiger partial charge in [-0.25, -0.2) is 0 Å². The minimum Gasteiger partial charge on any atom is -0.496 e. The van der Waals surface area contributed by atoms with Gasteiger partial charge in [-0.2, -0.15) is 0 Å². The second-order valence-corrected chi connectivity index (χ2v) is 9.51. The molecular weight excluding hydrogens is 396 g/mol. The number of Topliss-reactive ketones (excluding diaryl/α,β-unsaturated/α-hetero) is 2. The number of fused-ring (bicyclic) bond motifs is 1. The van der Waals surface area contributed by atoms with Crippen LogP contribution < -0.4 is 4.74 Å². The fourth-order valence-electron chi connectivity index (χ4n) is 5.34. The molecule has 32 heavy (non-hydrogen) atoms. The summed E-state index contributed by atoms with van der Waals surface area (Å²) in [7, 11) is 1.76. The zero-order valence-corrected chi connectivity index (χ0v) is 19.5. The topological polar surface area (TPSA) is 43.4 Å². The average Bonchev–Trinajstić information content (AvgIpc) is 2.78. The number of benzene rings is 3. The first-order valence-electron chi connectivity index (χ1n) is 11.6. The van der Waals surface area contributed by atoms with Gasteiger partial charge < -0.3 is 4.74 Å². The van der Waals surface area contributed by atoms with Gasteiger partial charge in [0.05, 0.1) is 7.11 Å². The highest BCUT2D eigenvalue weighted by atomic mass is 16.5. The molecule has 0 radical (unpaired) electrons. The molecule has 0 N–H and O–H groups in total.